The SMILES string of the molecule is Cc1cc(F)ccc1NCC(O)CN(C)C. The van der Waals surface area contributed by atoms with Crippen molar-refractivity contribution in [3.8, 4) is 0 Å². The first-order valence-corrected chi connectivity index (χ1v) is 5.32. The normalized spacial score (nSPS) is 12.9. The van der Waals surface area contributed by atoms with Crippen molar-refractivity contribution in [2.45, 2.75) is 13.0 Å². The van der Waals surface area contributed by atoms with Crippen molar-refractivity contribution >= 4 is 5.69 Å². The van der Waals surface area contributed by atoms with Crippen LogP contribution in [0.2, 0.25) is 0 Å². The molecule has 1 atom stereocenters. The Hall–Kier alpha value is -1.13. The van der Waals surface area contributed by atoms with Crippen LogP contribution in [0.25, 0.3) is 0 Å². The van der Waals surface area contributed by atoms with Crippen molar-refractivity contribution in [3.05, 3.63) is 29.6 Å². The van der Waals surface area contributed by atoms with Gasteiger partial charge in [-0.1, -0.05) is 0 Å². The van der Waals surface area contributed by atoms with Gasteiger partial charge in [0.25, 0.3) is 0 Å². The van der Waals surface area contributed by atoms with E-state index >= 15 is 0 Å². The highest BCUT2D eigenvalue weighted by Gasteiger charge is 2.06. The lowest BCUT2D eigenvalue weighted by Gasteiger charge is -2.17. The molecule has 0 spiro atoms. The van der Waals surface area contributed by atoms with Gasteiger partial charge in [0, 0.05) is 18.8 Å². The summed E-state index contributed by atoms with van der Waals surface area (Å²) in [6, 6.07) is 4.57. The maximum Gasteiger partial charge on any atom is 0.123 e. The average molecular weight is 226 g/mol. The summed E-state index contributed by atoms with van der Waals surface area (Å²) in [5, 5.41) is 12.8. The molecule has 0 aliphatic rings. The topological polar surface area (TPSA) is 35.5 Å². The number of nitrogens with one attached hydrogen (secondary N) is 1. The number of aryl methyl sites for hydroxylation is 1. The number of anilines is 1. The lowest BCUT2D eigenvalue weighted by Crippen LogP contribution is -2.31. The molecule has 1 aromatic rings. The zero-order chi connectivity index (χ0) is 12.1. The maximum absolute atomic E-state index is 12.8. The van der Waals surface area contributed by atoms with Gasteiger partial charge >= 0.3 is 0 Å². The molecule has 0 fully saturated rings. The molecule has 90 valence electrons. The molecule has 0 saturated heterocycles. The fourth-order valence-electron chi connectivity index (χ4n) is 1.54. The van der Waals surface area contributed by atoms with E-state index in [4.69, 9.17) is 0 Å². The molecule has 3 nitrogen and oxygen atoms in total. The Morgan fingerprint density at radius 3 is 2.69 bits per heavy atom. The van der Waals surface area contributed by atoms with Crippen molar-refractivity contribution in [3.63, 3.8) is 0 Å². The van der Waals surface area contributed by atoms with E-state index in [1.807, 2.05) is 25.9 Å². The molecule has 0 heterocycles. The second-order valence-corrected chi connectivity index (χ2v) is 4.26. The number of halogens is 1. The Morgan fingerprint density at radius 2 is 2.12 bits per heavy atom. The summed E-state index contributed by atoms with van der Waals surface area (Å²) in [5.74, 6) is -0.239. The minimum Gasteiger partial charge on any atom is -0.390 e. The molecule has 0 amide bonds. The Balaban J connectivity index is 2.48. The highest BCUT2D eigenvalue weighted by molar-refractivity contribution is 5.50. The summed E-state index contributed by atoms with van der Waals surface area (Å²) in [6.45, 7) is 2.90. The number of aliphatic hydroxyl groups is 1. The van der Waals surface area contributed by atoms with Crippen LogP contribution < -0.4 is 5.32 Å². The van der Waals surface area contributed by atoms with Gasteiger partial charge < -0.3 is 15.3 Å². The Bertz CT molecular complexity index is 342. The zero-order valence-electron chi connectivity index (χ0n) is 10.00. The van der Waals surface area contributed by atoms with E-state index in [0.717, 1.165) is 11.3 Å². The molecular formula is C12H19FN2O. The van der Waals surface area contributed by atoms with Crippen LogP contribution in [-0.2, 0) is 0 Å². The standard InChI is InChI=1S/C12H19FN2O/c1-9-6-10(13)4-5-12(9)14-7-11(16)8-15(2)3/h4-6,11,14,16H,7-8H2,1-3H3. The molecule has 2 N–H and O–H groups in total. The Kier molecular flexibility index (Phi) is 4.71. The Labute approximate surface area is 95.9 Å². The second kappa shape index (κ2) is 5.82. The zero-order valence-corrected chi connectivity index (χ0v) is 10.00. The monoisotopic (exact) mass is 226 g/mol. The number of hydrogen-bond donors (Lipinski definition) is 2. The van der Waals surface area contributed by atoms with E-state index in [1.165, 1.54) is 12.1 Å². The number of rotatable bonds is 5. The molecular weight excluding hydrogens is 207 g/mol. The third kappa shape index (κ3) is 4.16. The van der Waals surface area contributed by atoms with Crippen LogP contribution in [0.15, 0.2) is 18.2 Å². The maximum atomic E-state index is 12.8. The lowest BCUT2D eigenvalue weighted by atomic mass is 10.2. The largest absolute Gasteiger partial charge is 0.390 e. The van der Waals surface area contributed by atoms with Crippen LogP contribution in [0.5, 0.6) is 0 Å². The second-order valence-electron chi connectivity index (χ2n) is 4.26. The van der Waals surface area contributed by atoms with Gasteiger partial charge in [-0.2, -0.15) is 0 Å². The molecule has 4 heteroatoms. The van der Waals surface area contributed by atoms with Crippen LogP contribution in [0.3, 0.4) is 0 Å². The van der Waals surface area contributed by atoms with Crippen molar-refractivity contribution in [1.29, 1.82) is 0 Å². The Morgan fingerprint density at radius 1 is 1.44 bits per heavy atom. The fourth-order valence-corrected chi connectivity index (χ4v) is 1.54. The van der Waals surface area contributed by atoms with Gasteiger partial charge in [0.05, 0.1) is 6.10 Å². The summed E-state index contributed by atoms with van der Waals surface area (Å²) in [6.07, 6.45) is -0.431. The van der Waals surface area contributed by atoms with Gasteiger partial charge in [0.2, 0.25) is 0 Å². The smallest absolute Gasteiger partial charge is 0.123 e. The van der Waals surface area contributed by atoms with Crippen LogP contribution in [0.4, 0.5) is 10.1 Å². The summed E-state index contributed by atoms with van der Waals surface area (Å²) in [4.78, 5) is 1.92. The summed E-state index contributed by atoms with van der Waals surface area (Å²) in [5.41, 5.74) is 1.70. The van der Waals surface area contributed by atoms with Crippen molar-refractivity contribution in [1.82, 2.24) is 4.90 Å². The van der Waals surface area contributed by atoms with E-state index < -0.39 is 6.10 Å². The highest BCUT2D eigenvalue weighted by Crippen LogP contribution is 2.15. The van der Waals surface area contributed by atoms with Crippen molar-refractivity contribution in [2.75, 3.05) is 32.5 Å². The van der Waals surface area contributed by atoms with E-state index in [0.29, 0.717) is 13.1 Å². The van der Waals surface area contributed by atoms with Crippen LogP contribution >= 0.6 is 0 Å². The molecule has 0 aliphatic heterocycles. The summed E-state index contributed by atoms with van der Waals surface area (Å²) in [7, 11) is 3.82. The first-order chi connectivity index (χ1) is 7.49. The van der Waals surface area contributed by atoms with Crippen LogP contribution in [0.1, 0.15) is 5.56 Å². The van der Waals surface area contributed by atoms with Gasteiger partial charge in [-0.25, -0.2) is 4.39 Å². The first-order valence-electron chi connectivity index (χ1n) is 5.32. The minimum atomic E-state index is -0.431. The molecule has 1 aromatic carbocycles. The molecule has 0 saturated carbocycles. The summed E-state index contributed by atoms with van der Waals surface area (Å²) < 4.78 is 12.8. The molecule has 1 rings (SSSR count). The molecule has 1 unspecified atom stereocenters. The van der Waals surface area contributed by atoms with Gasteiger partial charge in [-0.05, 0) is 44.8 Å². The number of hydrogen-bond acceptors (Lipinski definition) is 3. The van der Waals surface area contributed by atoms with Gasteiger partial charge in [0.1, 0.15) is 5.82 Å². The molecule has 16 heavy (non-hydrogen) atoms. The molecule has 0 bridgehead atoms. The third-order valence-electron chi connectivity index (χ3n) is 2.29. The number of likely N-dealkylation sites (N-methyl/N-ethyl adjacent to an activating group) is 1. The van der Waals surface area contributed by atoms with E-state index in [1.54, 1.807) is 6.07 Å². The average Bonchev–Trinajstić information content (AvgIpc) is 2.15. The first kappa shape index (κ1) is 12.9. The van der Waals surface area contributed by atoms with Gasteiger partial charge in [-0.15, -0.1) is 0 Å². The molecule has 0 radical (unpaired) electrons. The lowest BCUT2D eigenvalue weighted by molar-refractivity contribution is 0.148. The number of nitrogens with zero attached hydrogens (tertiary/aromatic N) is 1. The number of aliphatic hydroxyl groups excluding tert-OH is 1. The highest BCUT2D eigenvalue weighted by atomic mass is 19.1. The third-order valence-corrected chi connectivity index (χ3v) is 2.29. The van der Waals surface area contributed by atoms with E-state index in [-0.39, 0.29) is 5.82 Å². The summed E-state index contributed by atoms with van der Waals surface area (Å²) >= 11 is 0. The predicted molar refractivity (Wildman–Crippen MR) is 64.2 cm³/mol. The van der Waals surface area contributed by atoms with Gasteiger partial charge in [-0.3, -0.25) is 0 Å². The molecule has 0 aliphatic carbocycles. The minimum absolute atomic E-state index is 0.239. The van der Waals surface area contributed by atoms with E-state index in [2.05, 4.69) is 5.32 Å². The number of benzene rings is 1. The van der Waals surface area contributed by atoms with Gasteiger partial charge in [0.15, 0.2) is 0 Å². The van der Waals surface area contributed by atoms with Crippen LogP contribution in [-0.4, -0.2) is 43.3 Å². The molecule has 0 aromatic heterocycles. The van der Waals surface area contributed by atoms with Crippen molar-refractivity contribution < 1.29 is 9.50 Å². The predicted octanol–water partition coefficient (Wildman–Crippen LogP) is 1.47. The fraction of sp³-hybridized carbons (Fsp3) is 0.500. The van der Waals surface area contributed by atoms with E-state index in [9.17, 15) is 9.50 Å². The van der Waals surface area contributed by atoms with Crippen LogP contribution in [0, 0.1) is 12.7 Å². The quantitative estimate of drug-likeness (QED) is 0.798. The van der Waals surface area contributed by atoms with Crippen molar-refractivity contribution in [2.24, 2.45) is 0 Å².